The average molecular weight is 350 g/mol. The van der Waals surface area contributed by atoms with Crippen LogP contribution in [0.25, 0.3) is 0 Å². The molecule has 0 aliphatic carbocycles. The van der Waals surface area contributed by atoms with Crippen LogP contribution in [0.2, 0.25) is 0 Å². The SMILES string of the molecule is C=CC[C@@H](c1cc(F)cc(Br)c1)N1CCNCC1.Cl. The summed E-state index contributed by atoms with van der Waals surface area (Å²) in [5.74, 6) is -0.191. The van der Waals surface area contributed by atoms with E-state index in [9.17, 15) is 4.39 Å². The predicted molar refractivity (Wildman–Crippen MR) is 83.3 cm³/mol. The van der Waals surface area contributed by atoms with E-state index in [2.05, 4.69) is 32.7 Å². The van der Waals surface area contributed by atoms with Crippen molar-refractivity contribution in [1.29, 1.82) is 0 Å². The summed E-state index contributed by atoms with van der Waals surface area (Å²) < 4.78 is 14.3. The summed E-state index contributed by atoms with van der Waals surface area (Å²) in [6.07, 6.45) is 2.75. The van der Waals surface area contributed by atoms with E-state index in [-0.39, 0.29) is 24.3 Å². The minimum Gasteiger partial charge on any atom is -0.314 e. The molecular formula is C14H19BrClFN2. The van der Waals surface area contributed by atoms with Crippen molar-refractivity contribution in [3.05, 3.63) is 46.7 Å². The third kappa shape index (κ3) is 4.56. The summed E-state index contributed by atoms with van der Waals surface area (Å²) in [4.78, 5) is 2.39. The zero-order valence-corrected chi connectivity index (χ0v) is 13.1. The molecule has 0 aromatic heterocycles. The normalized spacial score (nSPS) is 17.6. The molecule has 1 aromatic carbocycles. The van der Waals surface area contributed by atoms with Gasteiger partial charge in [0.1, 0.15) is 5.82 Å². The number of piperazine rings is 1. The first kappa shape index (κ1) is 16.6. The minimum atomic E-state index is -0.191. The number of hydrogen-bond donors (Lipinski definition) is 1. The molecule has 0 amide bonds. The standard InChI is InChI=1S/C14H18BrFN2.ClH/c1-2-3-14(18-6-4-17-5-7-18)11-8-12(15)10-13(16)9-11;/h2,8-10,14,17H,1,3-7H2;1H/t14-;/m0./s1. The van der Waals surface area contributed by atoms with E-state index in [1.807, 2.05) is 12.1 Å². The van der Waals surface area contributed by atoms with Gasteiger partial charge in [0.2, 0.25) is 0 Å². The molecule has 0 radical (unpaired) electrons. The van der Waals surface area contributed by atoms with Crippen molar-refractivity contribution in [3.8, 4) is 0 Å². The molecule has 0 bridgehead atoms. The highest BCUT2D eigenvalue weighted by molar-refractivity contribution is 9.10. The second-order valence-electron chi connectivity index (χ2n) is 4.53. The maximum absolute atomic E-state index is 13.5. The number of nitrogens with zero attached hydrogens (tertiary/aromatic N) is 1. The number of rotatable bonds is 4. The van der Waals surface area contributed by atoms with Gasteiger partial charge in [0.15, 0.2) is 0 Å². The third-order valence-corrected chi connectivity index (χ3v) is 3.71. The Labute approximate surface area is 128 Å². The van der Waals surface area contributed by atoms with Crippen molar-refractivity contribution in [2.24, 2.45) is 0 Å². The Hall–Kier alpha value is -0.420. The lowest BCUT2D eigenvalue weighted by Crippen LogP contribution is -2.45. The van der Waals surface area contributed by atoms with Crippen LogP contribution in [0.4, 0.5) is 4.39 Å². The van der Waals surface area contributed by atoms with Gasteiger partial charge in [-0.2, -0.15) is 0 Å². The summed E-state index contributed by atoms with van der Waals surface area (Å²) in [5.41, 5.74) is 1.02. The van der Waals surface area contributed by atoms with Crippen molar-refractivity contribution in [3.63, 3.8) is 0 Å². The van der Waals surface area contributed by atoms with Gasteiger partial charge in [0.05, 0.1) is 0 Å². The Morgan fingerprint density at radius 3 is 2.63 bits per heavy atom. The molecule has 1 aromatic rings. The van der Waals surface area contributed by atoms with Crippen molar-refractivity contribution in [2.75, 3.05) is 26.2 Å². The first-order valence-corrected chi connectivity index (χ1v) is 7.01. The summed E-state index contributed by atoms with van der Waals surface area (Å²) >= 11 is 3.36. The van der Waals surface area contributed by atoms with E-state index < -0.39 is 0 Å². The van der Waals surface area contributed by atoms with Crippen LogP contribution in [0, 0.1) is 5.82 Å². The topological polar surface area (TPSA) is 15.3 Å². The molecule has 19 heavy (non-hydrogen) atoms. The fourth-order valence-electron chi connectivity index (χ4n) is 2.42. The Bertz CT molecular complexity index is 402. The Kier molecular flexibility index (Phi) is 7.00. The summed E-state index contributed by atoms with van der Waals surface area (Å²) in [6, 6.07) is 5.34. The average Bonchev–Trinajstić information content (AvgIpc) is 2.36. The van der Waals surface area contributed by atoms with Crippen LogP contribution in [-0.4, -0.2) is 31.1 Å². The van der Waals surface area contributed by atoms with Gasteiger partial charge in [0, 0.05) is 36.7 Å². The molecule has 5 heteroatoms. The van der Waals surface area contributed by atoms with Crippen molar-refractivity contribution >= 4 is 28.3 Å². The quantitative estimate of drug-likeness (QED) is 0.837. The van der Waals surface area contributed by atoms with Crippen LogP contribution < -0.4 is 5.32 Å². The van der Waals surface area contributed by atoms with Crippen LogP contribution in [0.5, 0.6) is 0 Å². The molecule has 0 saturated carbocycles. The number of benzene rings is 1. The first-order chi connectivity index (χ1) is 8.70. The summed E-state index contributed by atoms with van der Waals surface area (Å²) in [6.45, 7) is 7.78. The summed E-state index contributed by atoms with van der Waals surface area (Å²) in [7, 11) is 0. The van der Waals surface area contributed by atoms with Crippen molar-refractivity contribution < 1.29 is 4.39 Å². The van der Waals surface area contributed by atoms with Crippen LogP contribution in [-0.2, 0) is 0 Å². The Balaban J connectivity index is 0.00000180. The maximum atomic E-state index is 13.5. The molecule has 2 nitrogen and oxygen atoms in total. The first-order valence-electron chi connectivity index (χ1n) is 6.22. The van der Waals surface area contributed by atoms with Gasteiger partial charge in [-0.25, -0.2) is 4.39 Å². The zero-order chi connectivity index (χ0) is 13.0. The maximum Gasteiger partial charge on any atom is 0.124 e. The molecule has 0 unspecified atom stereocenters. The molecule has 1 heterocycles. The van der Waals surface area contributed by atoms with Gasteiger partial charge in [-0.15, -0.1) is 19.0 Å². The van der Waals surface area contributed by atoms with E-state index in [4.69, 9.17) is 0 Å². The molecule has 2 rings (SSSR count). The molecule has 1 N–H and O–H groups in total. The Morgan fingerprint density at radius 2 is 2.05 bits per heavy atom. The molecule has 1 fully saturated rings. The highest BCUT2D eigenvalue weighted by Crippen LogP contribution is 2.28. The van der Waals surface area contributed by atoms with Crippen LogP contribution in [0.15, 0.2) is 35.3 Å². The second kappa shape index (κ2) is 8.00. The van der Waals surface area contributed by atoms with Gasteiger partial charge in [-0.3, -0.25) is 4.90 Å². The van der Waals surface area contributed by atoms with Crippen LogP contribution >= 0.6 is 28.3 Å². The highest BCUT2D eigenvalue weighted by Gasteiger charge is 2.21. The molecule has 1 saturated heterocycles. The smallest absolute Gasteiger partial charge is 0.124 e. The van der Waals surface area contributed by atoms with E-state index in [0.717, 1.165) is 42.6 Å². The fraction of sp³-hybridized carbons (Fsp3) is 0.429. The molecule has 106 valence electrons. The fourth-order valence-corrected chi connectivity index (χ4v) is 2.90. The van der Waals surface area contributed by atoms with E-state index in [1.165, 1.54) is 6.07 Å². The predicted octanol–water partition coefficient (Wildman–Crippen LogP) is 3.53. The van der Waals surface area contributed by atoms with E-state index in [1.54, 1.807) is 6.07 Å². The number of nitrogens with one attached hydrogen (secondary N) is 1. The molecule has 1 aliphatic rings. The zero-order valence-electron chi connectivity index (χ0n) is 10.7. The van der Waals surface area contributed by atoms with Gasteiger partial charge >= 0.3 is 0 Å². The van der Waals surface area contributed by atoms with Gasteiger partial charge in [-0.05, 0) is 30.2 Å². The lowest BCUT2D eigenvalue weighted by atomic mass is 10.0. The van der Waals surface area contributed by atoms with Gasteiger partial charge in [-0.1, -0.05) is 22.0 Å². The lowest BCUT2D eigenvalue weighted by Gasteiger charge is -2.34. The molecule has 1 atom stereocenters. The van der Waals surface area contributed by atoms with Crippen LogP contribution in [0.1, 0.15) is 18.0 Å². The monoisotopic (exact) mass is 348 g/mol. The second-order valence-corrected chi connectivity index (χ2v) is 5.44. The van der Waals surface area contributed by atoms with Crippen LogP contribution in [0.3, 0.4) is 0 Å². The van der Waals surface area contributed by atoms with Crippen molar-refractivity contribution in [2.45, 2.75) is 12.5 Å². The highest BCUT2D eigenvalue weighted by atomic mass is 79.9. The third-order valence-electron chi connectivity index (χ3n) is 3.25. The molecule has 0 spiro atoms. The van der Waals surface area contributed by atoms with Gasteiger partial charge in [0.25, 0.3) is 0 Å². The van der Waals surface area contributed by atoms with Gasteiger partial charge < -0.3 is 5.32 Å². The summed E-state index contributed by atoms with van der Waals surface area (Å²) in [5, 5.41) is 3.34. The number of hydrogen-bond acceptors (Lipinski definition) is 2. The van der Waals surface area contributed by atoms with E-state index in [0.29, 0.717) is 0 Å². The minimum absolute atomic E-state index is 0. The lowest BCUT2D eigenvalue weighted by molar-refractivity contribution is 0.174. The molecule has 1 aliphatic heterocycles. The number of halogens is 3. The van der Waals surface area contributed by atoms with E-state index >= 15 is 0 Å². The Morgan fingerprint density at radius 1 is 1.37 bits per heavy atom. The molecular weight excluding hydrogens is 331 g/mol. The van der Waals surface area contributed by atoms with Crippen molar-refractivity contribution in [1.82, 2.24) is 10.2 Å². The largest absolute Gasteiger partial charge is 0.314 e.